The average molecular weight is 580 g/mol. The summed E-state index contributed by atoms with van der Waals surface area (Å²) in [6.07, 6.45) is -3.04. The normalized spacial score (nSPS) is 18.3. The molecule has 15 nitrogen and oxygen atoms in total. The van der Waals surface area contributed by atoms with Gasteiger partial charge in [-0.25, -0.2) is 9.52 Å². The fourth-order valence-electron chi connectivity index (χ4n) is 3.11. The fraction of sp³-hybridized carbons (Fsp3) is 0.609. The van der Waals surface area contributed by atoms with Gasteiger partial charge in [0.1, 0.15) is 5.75 Å². The number of methoxy groups -OCH3 is 2. The first kappa shape index (κ1) is 34.3. The van der Waals surface area contributed by atoms with Gasteiger partial charge in [-0.2, -0.15) is 0 Å². The van der Waals surface area contributed by atoms with E-state index in [4.69, 9.17) is 33.6 Å². The third-order valence-corrected chi connectivity index (χ3v) is 5.37. The van der Waals surface area contributed by atoms with Gasteiger partial charge < -0.3 is 49.1 Å². The van der Waals surface area contributed by atoms with Gasteiger partial charge in [0.2, 0.25) is 6.29 Å². The highest BCUT2D eigenvalue weighted by Gasteiger charge is 2.29. The summed E-state index contributed by atoms with van der Waals surface area (Å²) in [5, 5.41) is 29.2. The molecule has 222 valence electrons. The molecular weight excluding hydrogens is 542 g/mol. The van der Waals surface area contributed by atoms with Crippen molar-refractivity contribution >= 4 is 30.6 Å². The van der Waals surface area contributed by atoms with Crippen LogP contribution in [-0.4, -0.2) is 106 Å². The quantitative estimate of drug-likeness (QED) is 0.0867. The second-order valence-electron chi connectivity index (χ2n) is 7.70. The molecule has 1 fully saturated rings. The zero-order valence-corrected chi connectivity index (χ0v) is 22.6. The summed E-state index contributed by atoms with van der Waals surface area (Å²) in [5.41, 5.74) is 1.06. The molecule has 0 aliphatic carbocycles. The molecule has 16 heteroatoms. The lowest BCUT2D eigenvalue weighted by atomic mass is 10.1. The molecule has 0 radical (unpaired) electrons. The maximum Gasteiger partial charge on any atom is 0.417 e. The van der Waals surface area contributed by atoms with E-state index < -0.39 is 24.8 Å². The first-order valence-corrected chi connectivity index (χ1v) is 12.7. The maximum absolute atomic E-state index is 12.8. The summed E-state index contributed by atoms with van der Waals surface area (Å²) in [6.45, 7) is 2.28. The highest BCUT2D eigenvalue weighted by molar-refractivity contribution is 7.96. The number of carboxylic acid groups (broad SMARTS) is 1. The van der Waals surface area contributed by atoms with Crippen molar-refractivity contribution in [2.24, 2.45) is 0 Å². The van der Waals surface area contributed by atoms with E-state index in [1.807, 2.05) is 0 Å². The molecule has 1 heterocycles. The summed E-state index contributed by atoms with van der Waals surface area (Å²) >= 11 is 1.00. The van der Waals surface area contributed by atoms with Crippen LogP contribution in [0.2, 0.25) is 0 Å². The number of aliphatic hydroxyl groups is 2. The van der Waals surface area contributed by atoms with E-state index in [-0.39, 0.29) is 49.7 Å². The standard InChI is InChI=1S/C22H35N3O10S.CH2O2/c1-30-14-15-3-4-18(34-20-13-16(26)12-19(27)35-20)17(11-15)21(28)23-5-7-32-9-10-33-8-6-24-36-25-22(29)31-2;2-1-3/h3-4,11,16,19-20,24,26-27H,5-10,12-14H2,1-2H3,(H,23,28)(H,25,29);1H,(H,2,3). The summed E-state index contributed by atoms with van der Waals surface area (Å²) in [4.78, 5) is 32.0. The van der Waals surface area contributed by atoms with E-state index in [1.54, 1.807) is 25.3 Å². The number of hydrogen-bond acceptors (Lipinski definition) is 13. The Morgan fingerprint density at radius 2 is 1.79 bits per heavy atom. The molecular formula is C23H37N3O12S. The van der Waals surface area contributed by atoms with Gasteiger partial charge in [0.15, 0.2) is 6.29 Å². The lowest BCUT2D eigenvalue weighted by Crippen LogP contribution is -2.39. The molecule has 39 heavy (non-hydrogen) atoms. The van der Waals surface area contributed by atoms with Crippen LogP contribution in [0.5, 0.6) is 5.75 Å². The molecule has 6 N–H and O–H groups in total. The van der Waals surface area contributed by atoms with Crippen LogP contribution in [0.15, 0.2) is 18.2 Å². The fourth-order valence-corrected chi connectivity index (χ4v) is 3.53. The Bertz CT molecular complexity index is 841. The molecule has 0 bridgehead atoms. The molecule has 3 atom stereocenters. The van der Waals surface area contributed by atoms with Crippen LogP contribution in [0.1, 0.15) is 28.8 Å². The van der Waals surface area contributed by atoms with E-state index in [1.165, 1.54) is 7.11 Å². The van der Waals surface area contributed by atoms with Crippen LogP contribution in [-0.2, 0) is 35.1 Å². The number of nitrogens with one attached hydrogen (secondary N) is 3. The zero-order valence-electron chi connectivity index (χ0n) is 21.8. The Labute approximate surface area is 230 Å². The minimum Gasteiger partial charge on any atom is -0.483 e. The largest absolute Gasteiger partial charge is 0.483 e. The molecule has 2 rings (SSSR count). The highest BCUT2D eigenvalue weighted by Crippen LogP contribution is 2.26. The first-order valence-electron chi connectivity index (χ1n) is 11.9. The molecule has 3 unspecified atom stereocenters. The van der Waals surface area contributed by atoms with Crippen molar-refractivity contribution < 1.29 is 58.1 Å². The molecule has 1 aliphatic heterocycles. The number of ether oxygens (including phenoxy) is 6. The van der Waals surface area contributed by atoms with E-state index in [2.05, 4.69) is 19.5 Å². The summed E-state index contributed by atoms with van der Waals surface area (Å²) < 4.78 is 36.8. The van der Waals surface area contributed by atoms with Gasteiger partial charge in [-0.1, -0.05) is 6.07 Å². The lowest BCUT2D eigenvalue weighted by molar-refractivity contribution is -0.242. The van der Waals surface area contributed by atoms with Gasteiger partial charge in [0, 0.05) is 45.2 Å². The second-order valence-corrected chi connectivity index (χ2v) is 8.40. The SMILES string of the molecule is COCc1ccc(OC2CC(O)CC(O)O2)c(C(=O)NCCOCCOCCNSNC(=O)OC)c1.O=CO. The number of hydrogen-bond donors (Lipinski definition) is 6. The molecule has 0 saturated carbocycles. The van der Waals surface area contributed by atoms with E-state index in [9.17, 15) is 19.8 Å². The summed E-state index contributed by atoms with van der Waals surface area (Å²) in [5.74, 6) is -0.106. The summed E-state index contributed by atoms with van der Waals surface area (Å²) in [7, 11) is 2.84. The number of carbonyl (C=O) groups is 3. The van der Waals surface area contributed by atoms with Crippen LogP contribution in [0.25, 0.3) is 0 Å². The van der Waals surface area contributed by atoms with Gasteiger partial charge in [0.25, 0.3) is 12.4 Å². The number of amides is 2. The van der Waals surface area contributed by atoms with Crippen molar-refractivity contribution in [3.05, 3.63) is 29.3 Å². The maximum atomic E-state index is 12.8. The van der Waals surface area contributed by atoms with Crippen molar-refractivity contribution in [1.82, 2.24) is 14.8 Å². The predicted octanol–water partition coefficient (Wildman–Crippen LogP) is 0.000200. The second kappa shape index (κ2) is 21.2. The molecule has 1 saturated heterocycles. The van der Waals surface area contributed by atoms with Crippen LogP contribution in [0.4, 0.5) is 4.79 Å². The lowest BCUT2D eigenvalue weighted by Gasteiger charge is -2.30. The average Bonchev–Trinajstić information content (AvgIpc) is 2.90. The van der Waals surface area contributed by atoms with Crippen molar-refractivity contribution in [2.45, 2.75) is 38.1 Å². The Balaban J connectivity index is 0.00000242. The topological polar surface area (TPSA) is 203 Å². The van der Waals surface area contributed by atoms with Gasteiger partial charge in [-0.05, 0) is 17.7 Å². The molecule has 0 aromatic heterocycles. The highest BCUT2D eigenvalue weighted by atomic mass is 32.2. The molecule has 1 aliphatic rings. The number of rotatable bonds is 16. The molecule has 0 spiro atoms. The minimum atomic E-state index is -1.14. The first-order chi connectivity index (χ1) is 18.8. The van der Waals surface area contributed by atoms with Crippen LogP contribution >= 0.6 is 12.1 Å². The van der Waals surface area contributed by atoms with Gasteiger partial charge in [0.05, 0.1) is 51.8 Å². The van der Waals surface area contributed by atoms with Crippen LogP contribution in [0, 0.1) is 0 Å². The van der Waals surface area contributed by atoms with Crippen molar-refractivity contribution in [2.75, 3.05) is 53.7 Å². The monoisotopic (exact) mass is 579 g/mol. The van der Waals surface area contributed by atoms with E-state index in [0.29, 0.717) is 33.0 Å². The summed E-state index contributed by atoms with van der Waals surface area (Å²) in [6, 6.07) is 5.05. The van der Waals surface area contributed by atoms with Crippen molar-refractivity contribution in [3.8, 4) is 5.75 Å². The van der Waals surface area contributed by atoms with E-state index in [0.717, 1.165) is 17.7 Å². The van der Waals surface area contributed by atoms with Crippen molar-refractivity contribution in [3.63, 3.8) is 0 Å². The van der Waals surface area contributed by atoms with Gasteiger partial charge >= 0.3 is 6.09 Å². The Kier molecular flexibility index (Phi) is 18.6. The Morgan fingerprint density at radius 1 is 1.10 bits per heavy atom. The Morgan fingerprint density at radius 3 is 2.44 bits per heavy atom. The molecule has 1 aromatic carbocycles. The van der Waals surface area contributed by atoms with E-state index >= 15 is 0 Å². The van der Waals surface area contributed by atoms with Gasteiger partial charge in [-0.3, -0.25) is 14.3 Å². The smallest absolute Gasteiger partial charge is 0.417 e. The van der Waals surface area contributed by atoms with Crippen molar-refractivity contribution in [1.29, 1.82) is 0 Å². The Hall–Kier alpha value is -2.70. The minimum absolute atomic E-state index is 0.107. The number of aliphatic hydroxyl groups excluding tert-OH is 2. The van der Waals surface area contributed by atoms with Crippen LogP contribution < -0.4 is 19.5 Å². The zero-order chi connectivity index (χ0) is 28.9. The molecule has 2 amide bonds. The predicted molar refractivity (Wildman–Crippen MR) is 138 cm³/mol. The third-order valence-electron chi connectivity index (χ3n) is 4.75. The third kappa shape index (κ3) is 15.5. The van der Waals surface area contributed by atoms with Gasteiger partial charge in [-0.15, -0.1) is 0 Å². The molecule has 1 aromatic rings. The number of benzene rings is 1. The number of carbonyl (C=O) groups excluding carboxylic acids is 2. The van der Waals surface area contributed by atoms with Crippen LogP contribution in [0.3, 0.4) is 0 Å².